The van der Waals surface area contributed by atoms with Gasteiger partial charge in [0.05, 0.1) is 5.97 Å². The fourth-order valence-electron chi connectivity index (χ4n) is 0.721. The van der Waals surface area contributed by atoms with E-state index >= 15 is 0 Å². The van der Waals surface area contributed by atoms with Crippen LogP contribution in [0.25, 0.3) is 0 Å². The van der Waals surface area contributed by atoms with Gasteiger partial charge in [-0.15, -0.1) is 0 Å². The van der Waals surface area contributed by atoms with Gasteiger partial charge in [0.2, 0.25) is 0 Å². The molecule has 0 fully saturated rings. The minimum atomic E-state index is -2.01. The first-order chi connectivity index (χ1) is 5.95. The van der Waals surface area contributed by atoms with E-state index in [1.807, 2.05) is 0 Å². The Kier molecular flexibility index (Phi) is 2.47. The third-order valence-corrected chi connectivity index (χ3v) is 1.67. The molecule has 0 amide bonds. The van der Waals surface area contributed by atoms with Crippen molar-refractivity contribution in [3.63, 3.8) is 0 Å². The lowest BCUT2D eigenvalue weighted by Crippen LogP contribution is -2.24. The van der Waals surface area contributed by atoms with Crippen molar-refractivity contribution in [1.82, 2.24) is 0 Å². The molecule has 0 heterocycles. The van der Waals surface area contributed by atoms with E-state index in [2.05, 4.69) is 0 Å². The van der Waals surface area contributed by atoms with E-state index in [1.54, 1.807) is 0 Å². The molecule has 70 valence electrons. The van der Waals surface area contributed by atoms with Crippen LogP contribution in [-0.2, 0) is 0 Å². The first-order valence-electron chi connectivity index (χ1n) is 2.99. The molecular weight excluding hydrogens is 209 g/mol. The number of rotatable bonds is 1. The molecule has 0 N–H and O–H groups in total. The quantitative estimate of drug-likeness (QED) is 0.514. The highest BCUT2D eigenvalue weighted by Crippen LogP contribution is 2.23. The second-order valence-electron chi connectivity index (χ2n) is 2.14. The number of benzene rings is 1. The highest BCUT2D eigenvalue weighted by Gasteiger charge is 2.17. The van der Waals surface area contributed by atoms with Crippen molar-refractivity contribution in [2.24, 2.45) is 0 Å². The monoisotopic (exact) mass is 209 g/mol. The Bertz CT molecular complexity index is 378. The molecule has 0 unspecified atom stereocenters. The fourth-order valence-corrected chi connectivity index (χ4v) is 0.859. The van der Waals surface area contributed by atoms with E-state index in [-0.39, 0.29) is 6.07 Å². The number of carboxylic acids is 1. The number of hydrogen-bond donors (Lipinski definition) is 0. The predicted molar refractivity (Wildman–Crippen MR) is 35.7 cm³/mol. The highest BCUT2D eigenvalue weighted by atomic mass is 35.5. The Labute approximate surface area is 75.6 Å². The van der Waals surface area contributed by atoms with Crippen molar-refractivity contribution in [3.05, 3.63) is 34.1 Å². The van der Waals surface area contributed by atoms with Gasteiger partial charge in [-0.3, -0.25) is 0 Å². The van der Waals surface area contributed by atoms with Crippen LogP contribution < -0.4 is 5.11 Å². The summed E-state index contributed by atoms with van der Waals surface area (Å²) in [5, 5.41) is 9.03. The molecule has 0 bridgehead atoms. The molecule has 0 aromatic heterocycles. The topological polar surface area (TPSA) is 40.1 Å². The van der Waals surface area contributed by atoms with Gasteiger partial charge < -0.3 is 9.90 Å². The summed E-state index contributed by atoms with van der Waals surface area (Å²) in [5.41, 5.74) is -1.19. The average molecular weight is 210 g/mol. The second kappa shape index (κ2) is 3.26. The van der Waals surface area contributed by atoms with Crippen LogP contribution in [0.2, 0.25) is 5.02 Å². The summed E-state index contributed by atoms with van der Waals surface area (Å²) in [5.74, 6) is -6.82. The second-order valence-corrected chi connectivity index (χ2v) is 2.51. The van der Waals surface area contributed by atoms with E-state index in [0.717, 1.165) is 0 Å². The van der Waals surface area contributed by atoms with E-state index in [4.69, 9.17) is 11.6 Å². The Morgan fingerprint density at radius 2 is 1.85 bits per heavy atom. The molecule has 0 spiro atoms. The van der Waals surface area contributed by atoms with Gasteiger partial charge in [-0.1, -0.05) is 11.6 Å². The molecular formula is C7HClF3O2-. The van der Waals surface area contributed by atoms with Crippen LogP contribution in [0.15, 0.2) is 6.07 Å². The van der Waals surface area contributed by atoms with Crippen molar-refractivity contribution in [2.45, 2.75) is 0 Å². The first-order valence-corrected chi connectivity index (χ1v) is 3.37. The predicted octanol–water partition coefficient (Wildman–Crippen LogP) is 1.12. The normalized spacial score (nSPS) is 10.2. The molecule has 1 aromatic carbocycles. The Morgan fingerprint density at radius 3 is 2.31 bits per heavy atom. The van der Waals surface area contributed by atoms with E-state index in [9.17, 15) is 23.1 Å². The lowest BCUT2D eigenvalue weighted by molar-refractivity contribution is -0.255. The third kappa shape index (κ3) is 1.60. The molecule has 0 aliphatic heterocycles. The molecule has 0 saturated carbocycles. The molecule has 13 heavy (non-hydrogen) atoms. The van der Waals surface area contributed by atoms with Crippen molar-refractivity contribution < 1.29 is 23.1 Å². The summed E-state index contributed by atoms with van der Waals surface area (Å²) < 4.78 is 37.8. The van der Waals surface area contributed by atoms with Crippen LogP contribution in [0.5, 0.6) is 0 Å². The lowest BCUT2D eigenvalue weighted by Gasteiger charge is -2.06. The van der Waals surface area contributed by atoms with Gasteiger partial charge in [-0.05, 0) is 6.07 Å². The van der Waals surface area contributed by atoms with E-state index < -0.39 is 34.0 Å². The number of carbonyl (C=O) groups is 1. The Morgan fingerprint density at radius 1 is 1.31 bits per heavy atom. The van der Waals surface area contributed by atoms with Crippen LogP contribution in [-0.4, -0.2) is 5.97 Å². The summed E-state index contributed by atoms with van der Waals surface area (Å²) in [7, 11) is 0. The summed E-state index contributed by atoms with van der Waals surface area (Å²) in [4.78, 5) is 10.1. The summed E-state index contributed by atoms with van der Waals surface area (Å²) in [6.07, 6.45) is 0. The third-order valence-electron chi connectivity index (χ3n) is 1.32. The zero-order chi connectivity index (χ0) is 10.2. The maximum Gasteiger partial charge on any atom is 0.181 e. The lowest BCUT2D eigenvalue weighted by atomic mass is 10.2. The largest absolute Gasteiger partial charge is 0.545 e. The molecule has 1 aromatic rings. The van der Waals surface area contributed by atoms with Crippen molar-refractivity contribution >= 4 is 17.6 Å². The number of carbonyl (C=O) groups excluding carboxylic acids is 1. The van der Waals surface area contributed by atoms with Gasteiger partial charge in [-0.2, -0.15) is 0 Å². The Hall–Kier alpha value is -1.23. The van der Waals surface area contributed by atoms with E-state index in [1.165, 1.54) is 0 Å². The maximum absolute atomic E-state index is 12.6. The summed E-state index contributed by atoms with van der Waals surface area (Å²) >= 11 is 4.96. The van der Waals surface area contributed by atoms with Gasteiger partial charge in [0.1, 0.15) is 10.8 Å². The van der Waals surface area contributed by atoms with Gasteiger partial charge in [-0.25, -0.2) is 13.2 Å². The fraction of sp³-hybridized carbons (Fsp3) is 0. The van der Waals surface area contributed by atoms with Crippen molar-refractivity contribution in [3.8, 4) is 0 Å². The SMILES string of the molecule is O=C([O-])c1cc(F)c(Cl)c(F)c1F. The van der Waals surface area contributed by atoms with Crippen LogP contribution in [0, 0.1) is 17.5 Å². The molecule has 1 rings (SSSR count). The van der Waals surface area contributed by atoms with Gasteiger partial charge in [0, 0.05) is 5.56 Å². The molecule has 0 aliphatic carbocycles. The van der Waals surface area contributed by atoms with Crippen molar-refractivity contribution in [2.75, 3.05) is 0 Å². The highest BCUT2D eigenvalue weighted by molar-refractivity contribution is 6.31. The maximum atomic E-state index is 12.6. The van der Waals surface area contributed by atoms with Crippen LogP contribution >= 0.6 is 11.6 Å². The molecule has 0 aliphatic rings. The zero-order valence-electron chi connectivity index (χ0n) is 5.91. The summed E-state index contributed by atoms with van der Waals surface area (Å²) in [6.45, 7) is 0. The van der Waals surface area contributed by atoms with Crippen LogP contribution in [0.3, 0.4) is 0 Å². The number of hydrogen-bond acceptors (Lipinski definition) is 2. The molecule has 0 atom stereocenters. The summed E-state index contributed by atoms with van der Waals surface area (Å²) in [6, 6.07) is 0.260. The number of carboxylic acid groups (broad SMARTS) is 1. The smallest absolute Gasteiger partial charge is 0.181 e. The molecule has 6 heteroatoms. The van der Waals surface area contributed by atoms with Gasteiger partial charge in [0.15, 0.2) is 11.6 Å². The standard InChI is InChI=1S/C7H2ClF3O2/c8-4-3(9)1-2(7(12)13)5(10)6(4)11/h1H,(H,12,13)/p-1. The van der Waals surface area contributed by atoms with Gasteiger partial charge in [0.25, 0.3) is 0 Å². The van der Waals surface area contributed by atoms with Crippen molar-refractivity contribution in [1.29, 1.82) is 0 Å². The van der Waals surface area contributed by atoms with Crippen LogP contribution in [0.1, 0.15) is 10.4 Å². The van der Waals surface area contributed by atoms with Crippen LogP contribution in [0.4, 0.5) is 13.2 Å². The number of halogens is 4. The molecule has 0 saturated heterocycles. The number of aromatic carboxylic acids is 1. The average Bonchev–Trinajstić information content (AvgIpc) is 2.07. The van der Waals surface area contributed by atoms with Gasteiger partial charge >= 0.3 is 0 Å². The molecule has 0 radical (unpaired) electrons. The minimum absolute atomic E-state index is 0.260. The zero-order valence-corrected chi connectivity index (χ0v) is 6.66. The van der Waals surface area contributed by atoms with E-state index in [0.29, 0.717) is 0 Å². The Balaban J connectivity index is 3.50. The molecule has 2 nitrogen and oxygen atoms in total. The minimum Gasteiger partial charge on any atom is -0.545 e. The first kappa shape index (κ1) is 9.85.